The minimum atomic E-state index is -3.55. The van der Waals surface area contributed by atoms with Gasteiger partial charge in [-0.3, -0.25) is 0 Å². The van der Waals surface area contributed by atoms with Gasteiger partial charge in [0.15, 0.2) is 0 Å². The van der Waals surface area contributed by atoms with Crippen LogP contribution in [-0.2, 0) is 10.0 Å². The number of piperidine rings is 1. The van der Waals surface area contributed by atoms with Gasteiger partial charge < -0.3 is 10.1 Å². The third kappa shape index (κ3) is 3.50. The van der Waals surface area contributed by atoms with E-state index >= 15 is 0 Å². The Morgan fingerprint density at radius 1 is 1.40 bits per heavy atom. The second-order valence-corrected chi connectivity index (χ2v) is 6.85. The van der Waals surface area contributed by atoms with Gasteiger partial charge in [0.1, 0.15) is 10.6 Å². The number of para-hydroxylation sites is 1. The highest BCUT2D eigenvalue weighted by Crippen LogP contribution is 2.24. The summed E-state index contributed by atoms with van der Waals surface area (Å²) in [6, 6.07) is 6.57. The molecule has 20 heavy (non-hydrogen) atoms. The smallest absolute Gasteiger partial charge is 0.244 e. The van der Waals surface area contributed by atoms with Crippen LogP contribution in [0.3, 0.4) is 0 Å². The highest BCUT2D eigenvalue weighted by atomic mass is 32.2. The summed E-state index contributed by atoms with van der Waals surface area (Å²) >= 11 is 0. The molecule has 2 atom stereocenters. The molecular weight excluding hydrogens is 276 g/mol. The van der Waals surface area contributed by atoms with Gasteiger partial charge in [-0.1, -0.05) is 12.1 Å². The van der Waals surface area contributed by atoms with Crippen LogP contribution >= 0.6 is 0 Å². The Morgan fingerprint density at radius 2 is 2.15 bits per heavy atom. The summed E-state index contributed by atoms with van der Waals surface area (Å²) in [4.78, 5) is 0.193. The molecule has 112 valence electrons. The summed E-state index contributed by atoms with van der Waals surface area (Å²) in [6.45, 7) is 3.79. The lowest BCUT2D eigenvalue weighted by molar-refractivity contribution is 0.320. The molecule has 0 amide bonds. The first-order chi connectivity index (χ1) is 9.54. The number of ether oxygens (including phenoxy) is 1. The quantitative estimate of drug-likeness (QED) is 0.861. The fraction of sp³-hybridized carbons (Fsp3) is 0.571. The first-order valence-electron chi connectivity index (χ1n) is 6.90. The van der Waals surface area contributed by atoms with Crippen LogP contribution in [-0.4, -0.2) is 34.7 Å². The SMILES string of the molecule is COc1ccccc1S(=O)(=O)NC(C)C1CCCNC1. The summed E-state index contributed by atoms with van der Waals surface area (Å²) in [5, 5.41) is 3.30. The average molecular weight is 298 g/mol. The first-order valence-corrected chi connectivity index (χ1v) is 8.39. The van der Waals surface area contributed by atoms with Crippen LogP contribution < -0.4 is 14.8 Å². The fourth-order valence-corrected chi connectivity index (χ4v) is 4.03. The minimum absolute atomic E-state index is 0.0993. The van der Waals surface area contributed by atoms with Crippen molar-refractivity contribution in [2.75, 3.05) is 20.2 Å². The van der Waals surface area contributed by atoms with Crippen molar-refractivity contribution >= 4 is 10.0 Å². The molecule has 1 fully saturated rings. The molecule has 0 aromatic heterocycles. The molecule has 0 spiro atoms. The van der Waals surface area contributed by atoms with Crippen LogP contribution in [0.5, 0.6) is 5.75 Å². The van der Waals surface area contributed by atoms with Crippen LogP contribution in [0.4, 0.5) is 0 Å². The maximum absolute atomic E-state index is 12.5. The highest BCUT2D eigenvalue weighted by Gasteiger charge is 2.26. The third-order valence-electron chi connectivity index (χ3n) is 3.74. The summed E-state index contributed by atoms with van der Waals surface area (Å²) in [7, 11) is -2.08. The Hall–Kier alpha value is -1.11. The second-order valence-electron chi connectivity index (χ2n) is 5.17. The summed E-state index contributed by atoms with van der Waals surface area (Å²) in [5.74, 6) is 0.696. The Balaban J connectivity index is 2.14. The Kier molecular flexibility index (Phi) is 5.01. The van der Waals surface area contributed by atoms with Gasteiger partial charge in [-0.2, -0.15) is 0 Å². The predicted octanol–water partition coefficient (Wildman–Crippen LogP) is 1.36. The fourth-order valence-electron chi connectivity index (χ4n) is 2.55. The van der Waals surface area contributed by atoms with Gasteiger partial charge in [-0.15, -0.1) is 0 Å². The molecule has 2 unspecified atom stereocenters. The van der Waals surface area contributed by atoms with E-state index in [0.717, 1.165) is 25.9 Å². The zero-order valence-corrected chi connectivity index (χ0v) is 12.7. The number of methoxy groups -OCH3 is 1. The maximum atomic E-state index is 12.5. The molecule has 2 rings (SSSR count). The molecule has 0 bridgehead atoms. The van der Waals surface area contributed by atoms with Gasteiger partial charge in [0.25, 0.3) is 0 Å². The van der Waals surface area contributed by atoms with E-state index in [1.165, 1.54) is 7.11 Å². The van der Waals surface area contributed by atoms with E-state index in [1.807, 2.05) is 6.92 Å². The number of nitrogens with one attached hydrogen (secondary N) is 2. The lowest BCUT2D eigenvalue weighted by Gasteiger charge is -2.28. The van der Waals surface area contributed by atoms with E-state index in [1.54, 1.807) is 24.3 Å². The largest absolute Gasteiger partial charge is 0.495 e. The van der Waals surface area contributed by atoms with Crippen molar-refractivity contribution in [3.05, 3.63) is 24.3 Å². The lowest BCUT2D eigenvalue weighted by Crippen LogP contribution is -2.44. The lowest BCUT2D eigenvalue weighted by atomic mass is 9.94. The Bertz CT molecular complexity index is 539. The summed E-state index contributed by atoms with van der Waals surface area (Å²) in [6.07, 6.45) is 2.13. The molecule has 1 saturated heterocycles. The highest BCUT2D eigenvalue weighted by molar-refractivity contribution is 7.89. The summed E-state index contributed by atoms with van der Waals surface area (Å²) < 4.78 is 32.8. The van der Waals surface area contributed by atoms with Crippen LogP contribution in [0.25, 0.3) is 0 Å². The van der Waals surface area contributed by atoms with Gasteiger partial charge in [-0.05, 0) is 50.9 Å². The topological polar surface area (TPSA) is 67.4 Å². The van der Waals surface area contributed by atoms with E-state index in [2.05, 4.69) is 10.0 Å². The van der Waals surface area contributed by atoms with E-state index in [9.17, 15) is 8.42 Å². The molecular formula is C14H22N2O3S. The average Bonchev–Trinajstić information content (AvgIpc) is 2.47. The predicted molar refractivity (Wildman–Crippen MR) is 78.4 cm³/mol. The maximum Gasteiger partial charge on any atom is 0.244 e. The van der Waals surface area contributed by atoms with Crippen molar-refractivity contribution in [3.63, 3.8) is 0 Å². The molecule has 5 nitrogen and oxygen atoms in total. The van der Waals surface area contributed by atoms with Gasteiger partial charge in [0.2, 0.25) is 10.0 Å². The molecule has 1 aromatic carbocycles. The normalized spacial score (nSPS) is 21.4. The van der Waals surface area contributed by atoms with Crippen LogP contribution in [0, 0.1) is 5.92 Å². The first kappa shape index (κ1) is 15.3. The van der Waals surface area contributed by atoms with Crippen molar-refractivity contribution < 1.29 is 13.2 Å². The standard InChI is InChI=1S/C14H22N2O3S/c1-11(12-6-5-9-15-10-12)16-20(17,18)14-8-4-3-7-13(14)19-2/h3-4,7-8,11-12,15-16H,5-6,9-10H2,1-2H3. The number of benzene rings is 1. The van der Waals surface area contributed by atoms with Crippen molar-refractivity contribution in [1.29, 1.82) is 0 Å². The van der Waals surface area contributed by atoms with Gasteiger partial charge in [0, 0.05) is 6.04 Å². The molecule has 6 heteroatoms. The Labute approximate surface area is 120 Å². The zero-order valence-electron chi connectivity index (χ0n) is 11.9. The number of hydrogen-bond donors (Lipinski definition) is 2. The van der Waals surface area contributed by atoms with Crippen molar-refractivity contribution in [1.82, 2.24) is 10.0 Å². The molecule has 0 radical (unpaired) electrons. The van der Waals surface area contributed by atoms with E-state index in [0.29, 0.717) is 11.7 Å². The molecule has 2 N–H and O–H groups in total. The Morgan fingerprint density at radius 3 is 2.80 bits per heavy atom. The number of hydrogen-bond acceptors (Lipinski definition) is 4. The molecule has 1 aliphatic heterocycles. The van der Waals surface area contributed by atoms with E-state index in [-0.39, 0.29) is 10.9 Å². The molecule has 1 aromatic rings. The summed E-state index contributed by atoms with van der Waals surface area (Å²) in [5.41, 5.74) is 0. The minimum Gasteiger partial charge on any atom is -0.495 e. The van der Waals surface area contributed by atoms with Crippen molar-refractivity contribution in [2.45, 2.75) is 30.7 Å². The molecule has 0 saturated carbocycles. The van der Waals surface area contributed by atoms with Gasteiger partial charge in [-0.25, -0.2) is 13.1 Å². The van der Waals surface area contributed by atoms with E-state index < -0.39 is 10.0 Å². The molecule has 1 heterocycles. The second kappa shape index (κ2) is 6.56. The van der Waals surface area contributed by atoms with Gasteiger partial charge in [0.05, 0.1) is 7.11 Å². The monoisotopic (exact) mass is 298 g/mol. The van der Waals surface area contributed by atoms with Crippen molar-refractivity contribution in [3.8, 4) is 5.75 Å². The molecule has 0 aliphatic carbocycles. The zero-order chi connectivity index (χ0) is 14.6. The number of rotatable bonds is 5. The van der Waals surface area contributed by atoms with Crippen LogP contribution in [0.2, 0.25) is 0 Å². The van der Waals surface area contributed by atoms with Crippen LogP contribution in [0.15, 0.2) is 29.2 Å². The molecule has 1 aliphatic rings. The van der Waals surface area contributed by atoms with Crippen molar-refractivity contribution in [2.24, 2.45) is 5.92 Å². The van der Waals surface area contributed by atoms with E-state index in [4.69, 9.17) is 4.74 Å². The van der Waals surface area contributed by atoms with Crippen LogP contribution in [0.1, 0.15) is 19.8 Å². The third-order valence-corrected chi connectivity index (χ3v) is 5.34. The van der Waals surface area contributed by atoms with Gasteiger partial charge >= 0.3 is 0 Å². The number of sulfonamides is 1.